The van der Waals surface area contributed by atoms with Crippen LogP contribution in [-0.4, -0.2) is 26.5 Å². The molecule has 126 valence electrons. The first-order valence-electron chi connectivity index (χ1n) is 8.14. The molecule has 2 heterocycles. The van der Waals surface area contributed by atoms with Crippen LogP contribution < -0.4 is 10.1 Å². The first-order valence-corrected chi connectivity index (χ1v) is 8.14. The van der Waals surface area contributed by atoms with Crippen LogP contribution in [0.15, 0.2) is 48.5 Å². The summed E-state index contributed by atoms with van der Waals surface area (Å²) in [6.45, 7) is 0. The zero-order valence-electron chi connectivity index (χ0n) is 13.5. The van der Waals surface area contributed by atoms with Crippen LogP contribution in [0.1, 0.15) is 29.5 Å². The molecule has 1 aromatic heterocycles. The first kappa shape index (κ1) is 15.3. The number of carbonyl (C=O) groups excluding carboxylic acids is 1. The minimum absolute atomic E-state index is 0.0312. The van der Waals surface area contributed by atoms with E-state index in [9.17, 15) is 4.79 Å². The maximum Gasteiger partial charge on any atom is 0.224 e. The highest BCUT2D eigenvalue weighted by molar-refractivity contribution is 5.94. The molecule has 7 heteroatoms. The summed E-state index contributed by atoms with van der Waals surface area (Å²) in [6.07, 6.45) is 1.51. The number of tetrazole rings is 1. The number of anilines is 1. The van der Waals surface area contributed by atoms with E-state index in [1.165, 1.54) is 0 Å². The Morgan fingerprint density at radius 1 is 1.12 bits per heavy atom. The Balaban J connectivity index is 1.58. The Labute approximate surface area is 144 Å². The van der Waals surface area contributed by atoms with Gasteiger partial charge in [-0.1, -0.05) is 41.6 Å². The highest BCUT2D eigenvalue weighted by atomic mass is 16.5. The summed E-state index contributed by atoms with van der Waals surface area (Å²) in [5.74, 6) is 1.18. The van der Waals surface area contributed by atoms with Crippen molar-refractivity contribution in [3.05, 3.63) is 65.5 Å². The Bertz CT molecular complexity index is 864. The zero-order valence-corrected chi connectivity index (χ0v) is 13.5. The number of ether oxygens (including phenoxy) is 1. The molecule has 4 rings (SSSR count). The van der Waals surface area contributed by atoms with Gasteiger partial charge in [-0.25, -0.2) is 0 Å². The number of benzene rings is 2. The number of amides is 1. The molecule has 0 radical (unpaired) electrons. The maximum absolute atomic E-state index is 11.6. The lowest BCUT2D eigenvalue weighted by molar-refractivity contribution is -0.116. The third-order valence-electron chi connectivity index (χ3n) is 4.17. The Morgan fingerprint density at radius 2 is 2.00 bits per heavy atom. The van der Waals surface area contributed by atoms with Gasteiger partial charge in [0.1, 0.15) is 5.75 Å². The largest absolute Gasteiger partial charge is 0.482 e. The molecule has 0 fully saturated rings. The molecule has 0 saturated carbocycles. The molecule has 3 aromatic rings. The van der Waals surface area contributed by atoms with Crippen molar-refractivity contribution in [2.75, 3.05) is 5.32 Å². The van der Waals surface area contributed by atoms with Crippen LogP contribution in [0.4, 0.5) is 5.69 Å². The van der Waals surface area contributed by atoms with Gasteiger partial charge in [0, 0.05) is 24.6 Å². The molecular formula is C18H17N5O2. The van der Waals surface area contributed by atoms with Crippen molar-refractivity contribution >= 4 is 11.6 Å². The van der Waals surface area contributed by atoms with Crippen LogP contribution in [0.5, 0.6) is 5.75 Å². The number of aromatic nitrogens is 4. The van der Waals surface area contributed by atoms with E-state index in [2.05, 4.69) is 25.9 Å². The minimum atomic E-state index is -0.376. The molecule has 7 nitrogen and oxygen atoms in total. The summed E-state index contributed by atoms with van der Waals surface area (Å²) in [6, 6.07) is 15.7. The average Bonchev–Trinajstić information content (AvgIpc) is 3.16. The highest BCUT2D eigenvalue weighted by Gasteiger charge is 2.21. The van der Waals surface area contributed by atoms with E-state index in [1.807, 2.05) is 48.5 Å². The van der Waals surface area contributed by atoms with Gasteiger partial charge in [-0.2, -0.15) is 5.21 Å². The molecule has 0 spiro atoms. The number of hydrogen-bond acceptors (Lipinski definition) is 5. The first-order chi connectivity index (χ1) is 12.3. The number of aryl methyl sites for hydroxylation is 1. The third-order valence-corrected chi connectivity index (χ3v) is 4.17. The maximum atomic E-state index is 11.6. The normalized spacial score (nSPS) is 14.5. The van der Waals surface area contributed by atoms with Crippen molar-refractivity contribution in [2.45, 2.75) is 25.4 Å². The lowest BCUT2D eigenvalue weighted by Gasteiger charge is -2.20. The third kappa shape index (κ3) is 3.50. The second-order valence-corrected chi connectivity index (χ2v) is 5.93. The van der Waals surface area contributed by atoms with Crippen LogP contribution in [-0.2, 0) is 17.6 Å². The molecule has 2 N–H and O–H groups in total. The second-order valence-electron chi connectivity index (χ2n) is 5.93. The van der Waals surface area contributed by atoms with Gasteiger partial charge in [0.15, 0.2) is 6.10 Å². The molecule has 2 aromatic carbocycles. The molecule has 1 unspecified atom stereocenters. The number of nitrogens with one attached hydrogen (secondary N) is 2. The molecular weight excluding hydrogens is 318 g/mol. The lowest BCUT2D eigenvalue weighted by Crippen LogP contribution is -2.19. The molecule has 0 aliphatic carbocycles. The van der Waals surface area contributed by atoms with Gasteiger partial charge < -0.3 is 10.1 Å². The molecule has 1 atom stereocenters. The summed E-state index contributed by atoms with van der Waals surface area (Å²) < 4.78 is 6.13. The monoisotopic (exact) mass is 335 g/mol. The van der Waals surface area contributed by atoms with Gasteiger partial charge in [0.2, 0.25) is 11.7 Å². The SMILES string of the molecule is O=C1CCc2ccc(OC(Cc3ccccc3)c3nn[nH]n3)cc2N1. The Kier molecular flexibility index (Phi) is 4.12. The van der Waals surface area contributed by atoms with Crippen molar-refractivity contribution in [1.29, 1.82) is 0 Å². The smallest absolute Gasteiger partial charge is 0.224 e. The number of nitrogens with zero attached hydrogens (tertiary/aromatic N) is 3. The summed E-state index contributed by atoms with van der Waals surface area (Å²) in [4.78, 5) is 11.6. The number of carbonyl (C=O) groups is 1. The van der Waals surface area contributed by atoms with E-state index in [0.29, 0.717) is 24.4 Å². The van der Waals surface area contributed by atoms with Gasteiger partial charge in [-0.05, 0) is 23.6 Å². The summed E-state index contributed by atoms with van der Waals surface area (Å²) in [5.41, 5.74) is 3.04. The predicted octanol–water partition coefficient (Wildman–Crippen LogP) is 2.45. The van der Waals surface area contributed by atoms with E-state index >= 15 is 0 Å². The van der Waals surface area contributed by atoms with Gasteiger partial charge in [-0.15, -0.1) is 10.2 Å². The molecule has 1 aliphatic heterocycles. The number of aromatic amines is 1. The fourth-order valence-electron chi connectivity index (χ4n) is 2.91. The fraction of sp³-hybridized carbons (Fsp3) is 0.222. The van der Waals surface area contributed by atoms with E-state index in [1.54, 1.807) is 0 Å². The van der Waals surface area contributed by atoms with Crippen LogP contribution in [0.25, 0.3) is 0 Å². The highest BCUT2D eigenvalue weighted by Crippen LogP contribution is 2.30. The Morgan fingerprint density at radius 3 is 2.80 bits per heavy atom. The number of rotatable bonds is 5. The van der Waals surface area contributed by atoms with Crippen molar-refractivity contribution in [3.8, 4) is 5.75 Å². The van der Waals surface area contributed by atoms with Crippen LogP contribution in [0.3, 0.4) is 0 Å². The van der Waals surface area contributed by atoms with Crippen molar-refractivity contribution in [1.82, 2.24) is 20.6 Å². The molecule has 1 aliphatic rings. The van der Waals surface area contributed by atoms with E-state index in [4.69, 9.17) is 4.74 Å². The average molecular weight is 335 g/mol. The summed E-state index contributed by atoms with van der Waals surface area (Å²) in [5, 5.41) is 17.1. The van der Waals surface area contributed by atoms with Gasteiger partial charge in [-0.3, -0.25) is 4.79 Å². The van der Waals surface area contributed by atoms with Gasteiger partial charge in [0.05, 0.1) is 0 Å². The lowest BCUT2D eigenvalue weighted by atomic mass is 10.0. The fourth-order valence-corrected chi connectivity index (χ4v) is 2.91. The van der Waals surface area contributed by atoms with Crippen molar-refractivity contribution in [2.24, 2.45) is 0 Å². The molecule has 0 bridgehead atoms. The van der Waals surface area contributed by atoms with Crippen LogP contribution in [0.2, 0.25) is 0 Å². The van der Waals surface area contributed by atoms with Crippen molar-refractivity contribution in [3.63, 3.8) is 0 Å². The molecule has 25 heavy (non-hydrogen) atoms. The Hall–Kier alpha value is -3.22. The van der Waals surface area contributed by atoms with Crippen molar-refractivity contribution < 1.29 is 9.53 Å². The van der Waals surface area contributed by atoms with Crippen LogP contribution >= 0.6 is 0 Å². The van der Waals surface area contributed by atoms with Crippen LogP contribution in [0, 0.1) is 0 Å². The summed E-state index contributed by atoms with van der Waals surface area (Å²) >= 11 is 0. The number of fused-ring (bicyclic) bond motifs is 1. The topological polar surface area (TPSA) is 92.8 Å². The van der Waals surface area contributed by atoms with E-state index < -0.39 is 0 Å². The predicted molar refractivity (Wildman–Crippen MR) is 91.1 cm³/mol. The molecule has 1 amide bonds. The standard InChI is InChI=1S/C18H17N5O2/c24-17-9-7-13-6-8-14(11-15(13)19-17)25-16(18-20-22-23-21-18)10-12-4-2-1-3-5-12/h1-6,8,11,16H,7,9-10H2,(H,19,24)(H,20,21,22,23). The molecule has 0 saturated heterocycles. The van der Waals surface area contributed by atoms with Gasteiger partial charge >= 0.3 is 0 Å². The van der Waals surface area contributed by atoms with E-state index in [0.717, 1.165) is 23.2 Å². The summed E-state index contributed by atoms with van der Waals surface area (Å²) in [7, 11) is 0. The minimum Gasteiger partial charge on any atom is -0.482 e. The number of H-pyrrole nitrogens is 1. The zero-order chi connectivity index (χ0) is 17.1. The second kappa shape index (κ2) is 6.72. The van der Waals surface area contributed by atoms with Gasteiger partial charge in [0.25, 0.3) is 0 Å². The number of hydrogen-bond donors (Lipinski definition) is 2. The van der Waals surface area contributed by atoms with E-state index in [-0.39, 0.29) is 12.0 Å². The quantitative estimate of drug-likeness (QED) is 0.747.